The fourth-order valence-corrected chi connectivity index (χ4v) is 1.73. The molecule has 0 aliphatic heterocycles. The number of hydrogen-bond donors (Lipinski definition) is 3. The molecule has 0 radical (unpaired) electrons. The second-order valence-electron chi connectivity index (χ2n) is 5.90. The maximum atomic E-state index is 11.8. The minimum atomic E-state index is -0.611. The highest BCUT2D eigenvalue weighted by atomic mass is 35.5. The molecular weight excluding hydrogens is 330 g/mol. The van der Waals surface area contributed by atoms with Crippen molar-refractivity contribution in [1.29, 1.82) is 0 Å². The van der Waals surface area contributed by atoms with Crippen LogP contribution in [-0.2, 0) is 9.59 Å². The van der Waals surface area contributed by atoms with E-state index < -0.39 is 6.04 Å². The molecule has 0 aliphatic carbocycles. The lowest BCUT2D eigenvalue weighted by atomic mass is 10.1. The average Bonchev–Trinajstić information content (AvgIpc) is 2.53. The molecule has 0 heterocycles. The average molecular weight is 358 g/mol. The molecule has 0 saturated heterocycles. The van der Waals surface area contributed by atoms with Gasteiger partial charge in [-0.3, -0.25) is 9.59 Å². The number of carbonyl (C=O) groups is 2. The molecular formula is C17H28ClN3O3. The van der Waals surface area contributed by atoms with Crippen molar-refractivity contribution in [2.75, 3.05) is 11.9 Å². The van der Waals surface area contributed by atoms with E-state index in [1.165, 1.54) is 0 Å². The van der Waals surface area contributed by atoms with Gasteiger partial charge in [0.25, 0.3) is 0 Å². The van der Waals surface area contributed by atoms with Crippen LogP contribution in [0.4, 0.5) is 5.69 Å². The van der Waals surface area contributed by atoms with Gasteiger partial charge in [-0.15, -0.1) is 12.4 Å². The predicted molar refractivity (Wildman–Crippen MR) is 98.5 cm³/mol. The van der Waals surface area contributed by atoms with Crippen molar-refractivity contribution in [1.82, 2.24) is 5.32 Å². The third-order valence-electron chi connectivity index (χ3n) is 3.49. The first kappa shape index (κ1) is 22.2. The van der Waals surface area contributed by atoms with Crippen LogP contribution in [0, 0.1) is 5.92 Å². The van der Waals surface area contributed by atoms with Crippen LogP contribution < -0.4 is 21.1 Å². The van der Waals surface area contributed by atoms with Crippen LogP contribution >= 0.6 is 12.4 Å². The number of halogens is 1. The van der Waals surface area contributed by atoms with Crippen molar-refractivity contribution in [2.24, 2.45) is 11.7 Å². The quantitative estimate of drug-likeness (QED) is 0.665. The number of anilines is 1. The molecule has 2 atom stereocenters. The normalized spacial score (nSPS) is 12.8. The van der Waals surface area contributed by atoms with Crippen molar-refractivity contribution >= 4 is 29.9 Å². The molecule has 1 rings (SSSR count). The lowest BCUT2D eigenvalue weighted by Gasteiger charge is -2.15. The molecule has 1 aromatic carbocycles. The molecule has 0 aliphatic rings. The van der Waals surface area contributed by atoms with Crippen LogP contribution in [0.5, 0.6) is 5.75 Å². The summed E-state index contributed by atoms with van der Waals surface area (Å²) in [7, 11) is 0. The monoisotopic (exact) mass is 357 g/mol. The zero-order valence-electron chi connectivity index (χ0n) is 14.7. The molecule has 6 nitrogen and oxygen atoms in total. The standard InChI is InChI=1S/C17H27N3O3.ClH/c1-5-12(4)23-14-8-6-13(7-9-14)20-15(21)10-19-17(22)16(18)11(2)3;/h6-9,11-12,16H,5,10,18H2,1-4H3,(H,19,22)(H,20,21);1H/t12?,16-;/m0./s1. The van der Waals surface area contributed by atoms with Gasteiger partial charge in [0.1, 0.15) is 5.75 Å². The molecule has 1 aromatic rings. The molecule has 4 N–H and O–H groups in total. The zero-order valence-corrected chi connectivity index (χ0v) is 15.5. The third-order valence-corrected chi connectivity index (χ3v) is 3.49. The van der Waals surface area contributed by atoms with E-state index in [2.05, 4.69) is 17.6 Å². The summed E-state index contributed by atoms with van der Waals surface area (Å²) in [5.74, 6) is 0.155. The van der Waals surface area contributed by atoms with Gasteiger partial charge in [-0.05, 0) is 43.5 Å². The second-order valence-corrected chi connectivity index (χ2v) is 5.90. The van der Waals surface area contributed by atoms with E-state index in [0.717, 1.165) is 12.2 Å². The summed E-state index contributed by atoms with van der Waals surface area (Å²) in [6.45, 7) is 7.66. The number of benzene rings is 1. The Morgan fingerprint density at radius 3 is 2.25 bits per heavy atom. The molecule has 136 valence electrons. The molecule has 0 spiro atoms. The summed E-state index contributed by atoms with van der Waals surface area (Å²) >= 11 is 0. The molecule has 7 heteroatoms. The molecule has 0 saturated carbocycles. The number of rotatable bonds is 8. The minimum absolute atomic E-state index is 0. The van der Waals surface area contributed by atoms with Gasteiger partial charge in [0, 0.05) is 5.69 Å². The number of nitrogens with two attached hydrogens (primary N) is 1. The first-order valence-corrected chi connectivity index (χ1v) is 7.93. The smallest absolute Gasteiger partial charge is 0.243 e. The van der Waals surface area contributed by atoms with Crippen LogP contribution in [0.3, 0.4) is 0 Å². The van der Waals surface area contributed by atoms with E-state index in [1.807, 2.05) is 20.8 Å². The Bertz CT molecular complexity index is 520. The van der Waals surface area contributed by atoms with E-state index >= 15 is 0 Å². The van der Waals surface area contributed by atoms with Crippen LogP contribution in [0.1, 0.15) is 34.1 Å². The Labute approximate surface area is 149 Å². The largest absolute Gasteiger partial charge is 0.491 e. The summed E-state index contributed by atoms with van der Waals surface area (Å²) in [5.41, 5.74) is 6.36. The van der Waals surface area contributed by atoms with Crippen LogP contribution in [0.25, 0.3) is 0 Å². The first-order chi connectivity index (χ1) is 10.8. The van der Waals surface area contributed by atoms with E-state index in [-0.39, 0.29) is 42.8 Å². The predicted octanol–water partition coefficient (Wildman–Crippen LogP) is 2.32. The molecule has 1 unspecified atom stereocenters. The minimum Gasteiger partial charge on any atom is -0.491 e. The fourth-order valence-electron chi connectivity index (χ4n) is 1.73. The molecule has 2 amide bonds. The van der Waals surface area contributed by atoms with Crippen molar-refractivity contribution in [2.45, 2.75) is 46.3 Å². The number of hydrogen-bond acceptors (Lipinski definition) is 4. The highest BCUT2D eigenvalue weighted by Crippen LogP contribution is 2.17. The van der Waals surface area contributed by atoms with Crippen LogP contribution in [0.15, 0.2) is 24.3 Å². The lowest BCUT2D eigenvalue weighted by molar-refractivity contribution is -0.125. The summed E-state index contributed by atoms with van der Waals surface area (Å²) in [6.07, 6.45) is 1.08. The Balaban J connectivity index is 0.00000529. The van der Waals surface area contributed by atoms with Crippen molar-refractivity contribution in [3.8, 4) is 5.75 Å². The Morgan fingerprint density at radius 1 is 1.17 bits per heavy atom. The van der Waals surface area contributed by atoms with E-state index in [4.69, 9.17) is 10.5 Å². The van der Waals surface area contributed by atoms with Gasteiger partial charge in [0.05, 0.1) is 18.7 Å². The number of carbonyl (C=O) groups excluding carboxylic acids is 2. The maximum Gasteiger partial charge on any atom is 0.243 e. The number of nitrogens with one attached hydrogen (secondary N) is 2. The van der Waals surface area contributed by atoms with Gasteiger partial charge in [0.2, 0.25) is 11.8 Å². The first-order valence-electron chi connectivity index (χ1n) is 7.93. The number of ether oxygens (including phenoxy) is 1. The van der Waals surface area contributed by atoms with Crippen LogP contribution in [0.2, 0.25) is 0 Å². The van der Waals surface area contributed by atoms with Crippen molar-refractivity contribution in [3.05, 3.63) is 24.3 Å². The second kappa shape index (κ2) is 10.9. The zero-order chi connectivity index (χ0) is 17.4. The SMILES string of the molecule is CCC(C)Oc1ccc(NC(=O)CNC(=O)[C@@H](N)C(C)C)cc1.Cl. The fraction of sp³-hybridized carbons (Fsp3) is 0.529. The molecule has 24 heavy (non-hydrogen) atoms. The highest BCUT2D eigenvalue weighted by Gasteiger charge is 2.17. The van der Waals surface area contributed by atoms with Crippen molar-refractivity contribution < 1.29 is 14.3 Å². The van der Waals surface area contributed by atoms with Gasteiger partial charge in [-0.1, -0.05) is 20.8 Å². The van der Waals surface area contributed by atoms with Gasteiger partial charge in [0.15, 0.2) is 0 Å². The van der Waals surface area contributed by atoms with Gasteiger partial charge in [-0.25, -0.2) is 0 Å². The Hall–Kier alpha value is -1.79. The number of amides is 2. The maximum absolute atomic E-state index is 11.8. The van der Waals surface area contributed by atoms with E-state index in [0.29, 0.717) is 5.69 Å². The summed E-state index contributed by atoms with van der Waals surface area (Å²) < 4.78 is 5.67. The highest BCUT2D eigenvalue weighted by molar-refractivity contribution is 5.95. The Morgan fingerprint density at radius 2 is 1.75 bits per heavy atom. The van der Waals surface area contributed by atoms with E-state index in [9.17, 15) is 9.59 Å². The Kier molecular flexibility index (Phi) is 10.1. The summed E-state index contributed by atoms with van der Waals surface area (Å²) in [4.78, 5) is 23.5. The van der Waals surface area contributed by atoms with E-state index in [1.54, 1.807) is 24.3 Å². The molecule has 0 aromatic heterocycles. The van der Waals surface area contributed by atoms with Gasteiger partial charge >= 0.3 is 0 Å². The van der Waals surface area contributed by atoms with Crippen molar-refractivity contribution in [3.63, 3.8) is 0 Å². The summed E-state index contributed by atoms with van der Waals surface area (Å²) in [6, 6.07) is 6.51. The third kappa shape index (κ3) is 7.66. The topological polar surface area (TPSA) is 93.5 Å². The summed E-state index contributed by atoms with van der Waals surface area (Å²) in [5, 5.41) is 5.24. The van der Waals surface area contributed by atoms with Crippen LogP contribution in [-0.4, -0.2) is 30.5 Å². The molecule has 0 fully saturated rings. The lowest BCUT2D eigenvalue weighted by Crippen LogP contribution is -2.46. The van der Waals surface area contributed by atoms with Gasteiger partial charge in [-0.2, -0.15) is 0 Å². The van der Waals surface area contributed by atoms with Gasteiger partial charge < -0.3 is 21.1 Å². The molecule has 0 bridgehead atoms.